The number of esters is 1. The first kappa shape index (κ1) is 30.5. The van der Waals surface area contributed by atoms with Gasteiger partial charge in [-0.2, -0.15) is 0 Å². The summed E-state index contributed by atoms with van der Waals surface area (Å²) in [5, 5.41) is 22.5. The van der Waals surface area contributed by atoms with E-state index in [4.69, 9.17) is 4.74 Å². The highest BCUT2D eigenvalue weighted by Crippen LogP contribution is 2.40. The Kier molecular flexibility index (Phi) is 11.0. The summed E-state index contributed by atoms with van der Waals surface area (Å²) in [5.74, 6) is -2.63. The molecule has 10 heteroatoms. The third-order valence-corrected chi connectivity index (χ3v) is 7.05. The topological polar surface area (TPSA) is 130 Å². The summed E-state index contributed by atoms with van der Waals surface area (Å²) in [6.45, 7) is 7.23. The number of amides is 1. The van der Waals surface area contributed by atoms with E-state index in [1.165, 1.54) is 48.4 Å². The molecule has 0 bridgehead atoms. The van der Waals surface area contributed by atoms with Crippen molar-refractivity contribution in [2.24, 2.45) is 0 Å². The minimum absolute atomic E-state index is 0.0636. The van der Waals surface area contributed by atoms with Crippen molar-refractivity contribution < 1.29 is 29.2 Å². The minimum atomic E-state index is -0.925. The predicted molar refractivity (Wildman–Crippen MR) is 151 cm³/mol. The third-order valence-electron chi connectivity index (χ3n) is 7.05. The molecule has 1 aliphatic heterocycles. The standard InChI is InChI=1S/C30H37N3O7/c1-4-6-16-31(17-7-5-2)18-9-19-32-26(21-12-14-22(15-13-21)30(37)40-3)25(28(35)29(32)36)27(34)23-10-8-11-24(20-23)33(38)39/h8,10-15,20,26,34H,4-7,9,16-19H2,1-3H3/t26-/m0/s1. The summed E-state index contributed by atoms with van der Waals surface area (Å²) in [5.41, 5.74) is 0.479. The smallest absolute Gasteiger partial charge is 0.337 e. The van der Waals surface area contributed by atoms with Crippen molar-refractivity contribution >= 4 is 29.1 Å². The van der Waals surface area contributed by atoms with Crippen LogP contribution in [0.25, 0.3) is 5.76 Å². The number of ether oxygens (including phenoxy) is 1. The summed E-state index contributed by atoms with van der Waals surface area (Å²) in [6.07, 6.45) is 4.93. The Bertz CT molecular complexity index is 1250. The number of nitrogens with zero attached hydrogens (tertiary/aromatic N) is 3. The highest BCUT2D eigenvalue weighted by molar-refractivity contribution is 6.46. The van der Waals surface area contributed by atoms with E-state index in [-0.39, 0.29) is 23.4 Å². The Morgan fingerprint density at radius 2 is 1.62 bits per heavy atom. The number of methoxy groups -OCH3 is 1. The first-order valence-electron chi connectivity index (χ1n) is 13.7. The molecular weight excluding hydrogens is 514 g/mol. The lowest BCUT2D eigenvalue weighted by Gasteiger charge is -2.27. The van der Waals surface area contributed by atoms with Crippen molar-refractivity contribution in [2.45, 2.75) is 52.0 Å². The second kappa shape index (κ2) is 14.4. The number of non-ortho nitro benzene ring substituents is 1. The van der Waals surface area contributed by atoms with E-state index in [0.29, 0.717) is 17.5 Å². The molecule has 214 valence electrons. The lowest BCUT2D eigenvalue weighted by molar-refractivity contribution is -0.384. The summed E-state index contributed by atoms with van der Waals surface area (Å²) in [4.78, 5) is 53.1. The number of hydrogen-bond donors (Lipinski definition) is 1. The fourth-order valence-corrected chi connectivity index (χ4v) is 4.86. The molecule has 2 aromatic rings. The van der Waals surface area contributed by atoms with Crippen molar-refractivity contribution in [1.82, 2.24) is 9.80 Å². The highest BCUT2D eigenvalue weighted by Gasteiger charge is 2.46. The molecule has 2 aromatic carbocycles. The molecule has 0 aromatic heterocycles. The number of unbranched alkanes of at least 4 members (excludes halogenated alkanes) is 2. The monoisotopic (exact) mass is 551 g/mol. The molecule has 0 radical (unpaired) electrons. The van der Waals surface area contributed by atoms with Gasteiger partial charge in [-0.05, 0) is 56.6 Å². The number of rotatable bonds is 14. The van der Waals surface area contributed by atoms with Gasteiger partial charge in [-0.15, -0.1) is 0 Å². The van der Waals surface area contributed by atoms with Crippen LogP contribution in [-0.4, -0.2) is 70.8 Å². The van der Waals surface area contributed by atoms with Crippen LogP contribution < -0.4 is 0 Å². The van der Waals surface area contributed by atoms with Gasteiger partial charge in [0.05, 0.1) is 29.2 Å². The number of carbonyl (C=O) groups excluding carboxylic acids is 3. The Labute approximate surface area is 234 Å². The second-order valence-electron chi connectivity index (χ2n) is 9.82. The van der Waals surface area contributed by atoms with Gasteiger partial charge < -0.3 is 19.6 Å². The fraction of sp³-hybridized carbons (Fsp3) is 0.433. The quantitative estimate of drug-likeness (QED) is 0.0858. The molecule has 0 aliphatic carbocycles. The molecule has 1 aliphatic rings. The van der Waals surface area contributed by atoms with Crippen LogP contribution in [0.5, 0.6) is 0 Å². The van der Waals surface area contributed by atoms with Crippen LogP contribution in [0.2, 0.25) is 0 Å². The number of likely N-dealkylation sites (tertiary alicyclic amines) is 1. The first-order valence-corrected chi connectivity index (χ1v) is 13.7. The van der Waals surface area contributed by atoms with Crippen molar-refractivity contribution in [2.75, 3.05) is 33.3 Å². The molecule has 1 heterocycles. The van der Waals surface area contributed by atoms with E-state index < -0.39 is 34.4 Å². The molecule has 0 unspecified atom stereocenters. The fourth-order valence-electron chi connectivity index (χ4n) is 4.86. The van der Waals surface area contributed by atoms with Crippen LogP contribution in [0.4, 0.5) is 5.69 Å². The average Bonchev–Trinajstić information content (AvgIpc) is 3.22. The van der Waals surface area contributed by atoms with E-state index in [1.54, 1.807) is 12.1 Å². The summed E-state index contributed by atoms with van der Waals surface area (Å²) >= 11 is 0. The zero-order valence-electron chi connectivity index (χ0n) is 23.3. The molecule has 3 rings (SSSR count). The van der Waals surface area contributed by atoms with Crippen LogP contribution in [0, 0.1) is 10.1 Å². The Morgan fingerprint density at radius 3 is 2.20 bits per heavy atom. The lowest BCUT2D eigenvalue weighted by Crippen LogP contribution is -2.34. The van der Waals surface area contributed by atoms with Crippen LogP contribution in [0.15, 0.2) is 54.1 Å². The maximum Gasteiger partial charge on any atom is 0.337 e. The van der Waals surface area contributed by atoms with Gasteiger partial charge in [-0.25, -0.2) is 4.79 Å². The SMILES string of the molecule is CCCCN(CCCC)CCCN1C(=O)C(=O)C(=C(O)c2cccc([N+](=O)[O-])c2)[C@@H]1c1ccc(C(=O)OC)cc1. The number of nitro benzene ring substituents is 1. The largest absolute Gasteiger partial charge is 0.507 e. The summed E-state index contributed by atoms with van der Waals surface area (Å²) in [6, 6.07) is 10.7. The summed E-state index contributed by atoms with van der Waals surface area (Å²) < 4.78 is 4.77. The van der Waals surface area contributed by atoms with E-state index in [0.717, 1.165) is 45.3 Å². The molecule has 1 fully saturated rings. The predicted octanol–water partition coefficient (Wildman–Crippen LogP) is 5.10. The van der Waals surface area contributed by atoms with Crippen molar-refractivity contribution in [1.29, 1.82) is 0 Å². The minimum Gasteiger partial charge on any atom is -0.507 e. The van der Waals surface area contributed by atoms with Gasteiger partial charge in [-0.1, -0.05) is 51.0 Å². The zero-order valence-corrected chi connectivity index (χ0v) is 23.3. The number of carbonyl (C=O) groups is 3. The van der Waals surface area contributed by atoms with Gasteiger partial charge in [-0.3, -0.25) is 19.7 Å². The number of aliphatic hydroxyl groups excluding tert-OH is 1. The molecular formula is C30H37N3O7. The lowest BCUT2D eigenvalue weighted by atomic mass is 9.94. The first-order chi connectivity index (χ1) is 19.2. The Morgan fingerprint density at radius 1 is 1.00 bits per heavy atom. The van der Waals surface area contributed by atoms with Gasteiger partial charge in [0.1, 0.15) is 5.76 Å². The number of ketones is 1. The zero-order chi connectivity index (χ0) is 29.2. The molecule has 0 saturated carbocycles. The maximum atomic E-state index is 13.3. The van der Waals surface area contributed by atoms with Gasteiger partial charge in [0.15, 0.2) is 0 Å². The number of hydrogen-bond acceptors (Lipinski definition) is 8. The molecule has 0 spiro atoms. The molecule has 40 heavy (non-hydrogen) atoms. The van der Waals surface area contributed by atoms with Crippen LogP contribution in [-0.2, 0) is 14.3 Å². The Hall–Kier alpha value is -4.05. The molecule has 10 nitrogen and oxygen atoms in total. The normalized spacial score (nSPS) is 16.5. The van der Waals surface area contributed by atoms with E-state index in [9.17, 15) is 29.6 Å². The maximum absolute atomic E-state index is 13.3. The van der Waals surface area contributed by atoms with E-state index in [1.807, 2.05) is 0 Å². The number of aliphatic hydroxyl groups is 1. The van der Waals surface area contributed by atoms with Crippen LogP contribution in [0.3, 0.4) is 0 Å². The highest BCUT2D eigenvalue weighted by atomic mass is 16.6. The van der Waals surface area contributed by atoms with Crippen LogP contribution in [0.1, 0.15) is 73.5 Å². The molecule has 1 saturated heterocycles. The van der Waals surface area contributed by atoms with Gasteiger partial charge >= 0.3 is 5.97 Å². The number of Topliss-reactive ketones (excluding diaryl/α,β-unsaturated/α-hetero) is 1. The molecule has 1 atom stereocenters. The number of nitro groups is 1. The van der Waals surface area contributed by atoms with Gasteiger partial charge in [0.2, 0.25) is 0 Å². The summed E-state index contributed by atoms with van der Waals surface area (Å²) in [7, 11) is 1.27. The van der Waals surface area contributed by atoms with Crippen molar-refractivity contribution in [3.05, 3.63) is 80.9 Å². The van der Waals surface area contributed by atoms with Crippen molar-refractivity contribution in [3.8, 4) is 0 Å². The third kappa shape index (κ3) is 7.12. The number of benzene rings is 2. The molecule has 1 amide bonds. The van der Waals surface area contributed by atoms with Gasteiger partial charge in [0, 0.05) is 24.2 Å². The average molecular weight is 552 g/mol. The Balaban J connectivity index is 1.99. The second-order valence-corrected chi connectivity index (χ2v) is 9.82. The van der Waals surface area contributed by atoms with E-state index >= 15 is 0 Å². The van der Waals surface area contributed by atoms with Crippen LogP contribution >= 0.6 is 0 Å². The van der Waals surface area contributed by atoms with E-state index in [2.05, 4.69) is 18.7 Å². The van der Waals surface area contributed by atoms with Gasteiger partial charge in [0.25, 0.3) is 17.4 Å². The van der Waals surface area contributed by atoms with Crippen molar-refractivity contribution in [3.63, 3.8) is 0 Å². The molecule has 1 N–H and O–H groups in total.